The fraction of sp³-hybridized carbons (Fsp3) is 0.412. The van der Waals surface area contributed by atoms with Crippen molar-refractivity contribution in [3.8, 4) is 10.6 Å². The molecular weight excluding hydrogens is 353 g/mol. The van der Waals surface area contributed by atoms with Gasteiger partial charge in [0.15, 0.2) is 0 Å². The van der Waals surface area contributed by atoms with Gasteiger partial charge in [-0.15, -0.1) is 11.3 Å². The van der Waals surface area contributed by atoms with Crippen LogP contribution in [0.25, 0.3) is 10.6 Å². The molecular formula is C17H17F3N2O2S. The summed E-state index contributed by atoms with van der Waals surface area (Å²) in [6.45, 7) is 3.65. The normalized spacial score (nSPS) is 18.9. The van der Waals surface area contributed by atoms with Crippen molar-refractivity contribution >= 4 is 17.2 Å². The molecule has 2 heterocycles. The molecule has 1 aromatic heterocycles. The van der Waals surface area contributed by atoms with Crippen LogP contribution in [-0.2, 0) is 10.9 Å². The van der Waals surface area contributed by atoms with Gasteiger partial charge in [0.25, 0.3) is 5.91 Å². The van der Waals surface area contributed by atoms with E-state index in [1.807, 2.05) is 6.92 Å². The maximum atomic E-state index is 12.6. The quantitative estimate of drug-likeness (QED) is 0.800. The molecule has 1 aromatic carbocycles. The fourth-order valence-corrected chi connectivity index (χ4v) is 3.45. The molecule has 1 saturated heterocycles. The Morgan fingerprint density at radius 1 is 1.32 bits per heavy atom. The van der Waals surface area contributed by atoms with Gasteiger partial charge in [-0.25, -0.2) is 4.98 Å². The van der Waals surface area contributed by atoms with E-state index in [-0.39, 0.29) is 12.0 Å². The summed E-state index contributed by atoms with van der Waals surface area (Å²) in [5, 5.41) is 2.17. The standard InChI is InChI=1S/C17H17F3N2O2S/c1-11-9-22(7-2-8-24-11)16(23)14-10-25-15(21-14)12-3-5-13(6-4-12)17(18,19)20/h3-6,10-11H,2,7-9H2,1H3/t11-/m0/s1. The molecule has 8 heteroatoms. The van der Waals surface area contributed by atoms with Gasteiger partial charge in [-0.1, -0.05) is 12.1 Å². The molecule has 25 heavy (non-hydrogen) atoms. The summed E-state index contributed by atoms with van der Waals surface area (Å²) in [7, 11) is 0. The van der Waals surface area contributed by atoms with E-state index in [9.17, 15) is 18.0 Å². The molecule has 1 fully saturated rings. The zero-order valence-corrected chi connectivity index (χ0v) is 14.4. The molecule has 2 aromatic rings. The molecule has 0 unspecified atom stereocenters. The molecule has 3 rings (SSSR count). The van der Waals surface area contributed by atoms with Gasteiger partial charge in [0.2, 0.25) is 0 Å². The van der Waals surface area contributed by atoms with Crippen LogP contribution >= 0.6 is 11.3 Å². The van der Waals surface area contributed by atoms with E-state index in [4.69, 9.17) is 4.74 Å². The van der Waals surface area contributed by atoms with Crippen LogP contribution in [0.5, 0.6) is 0 Å². The van der Waals surface area contributed by atoms with Gasteiger partial charge in [-0.2, -0.15) is 13.2 Å². The van der Waals surface area contributed by atoms with Gasteiger partial charge in [0, 0.05) is 30.6 Å². The minimum Gasteiger partial charge on any atom is -0.377 e. The number of nitrogens with zero attached hydrogens (tertiary/aromatic N) is 2. The van der Waals surface area contributed by atoms with Gasteiger partial charge in [-0.05, 0) is 25.5 Å². The summed E-state index contributed by atoms with van der Waals surface area (Å²) in [5.74, 6) is -0.174. The van der Waals surface area contributed by atoms with Crippen LogP contribution in [0.3, 0.4) is 0 Å². The third-order valence-corrected chi connectivity index (χ3v) is 4.81. The number of rotatable bonds is 2. The molecule has 0 aliphatic carbocycles. The molecule has 1 atom stereocenters. The minimum atomic E-state index is -4.37. The van der Waals surface area contributed by atoms with Crippen LogP contribution < -0.4 is 0 Å². The van der Waals surface area contributed by atoms with Gasteiger partial charge in [0.1, 0.15) is 10.7 Å². The second kappa shape index (κ2) is 7.13. The second-order valence-electron chi connectivity index (χ2n) is 5.90. The topological polar surface area (TPSA) is 42.4 Å². The van der Waals surface area contributed by atoms with Gasteiger partial charge >= 0.3 is 6.18 Å². The predicted molar refractivity (Wildman–Crippen MR) is 88.5 cm³/mol. The fourth-order valence-electron chi connectivity index (χ4n) is 2.65. The third-order valence-electron chi connectivity index (χ3n) is 3.92. The van der Waals surface area contributed by atoms with E-state index in [0.29, 0.717) is 36.0 Å². The highest BCUT2D eigenvalue weighted by Gasteiger charge is 2.30. The Bertz CT molecular complexity index is 743. The molecule has 0 radical (unpaired) electrons. The number of carbonyl (C=O) groups excluding carboxylic acids is 1. The Hall–Kier alpha value is -1.93. The monoisotopic (exact) mass is 370 g/mol. The number of thiazole rings is 1. The number of ether oxygens (including phenoxy) is 1. The summed E-state index contributed by atoms with van der Waals surface area (Å²) >= 11 is 1.24. The summed E-state index contributed by atoms with van der Waals surface area (Å²) in [6.07, 6.45) is -3.63. The average molecular weight is 370 g/mol. The highest BCUT2D eigenvalue weighted by molar-refractivity contribution is 7.13. The molecule has 0 spiro atoms. The first-order chi connectivity index (χ1) is 11.8. The number of hydrogen-bond acceptors (Lipinski definition) is 4. The van der Waals surface area contributed by atoms with Gasteiger partial charge in [-0.3, -0.25) is 4.79 Å². The molecule has 4 nitrogen and oxygen atoms in total. The van der Waals surface area contributed by atoms with Crippen molar-refractivity contribution in [1.29, 1.82) is 0 Å². The van der Waals surface area contributed by atoms with Crippen LogP contribution in [0.2, 0.25) is 0 Å². The summed E-state index contributed by atoms with van der Waals surface area (Å²) < 4.78 is 43.4. The SMILES string of the molecule is C[C@H]1CN(C(=O)c2csc(-c3ccc(C(F)(F)F)cc3)n2)CCCO1. The first kappa shape index (κ1) is 17.9. The number of benzene rings is 1. The van der Waals surface area contributed by atoms with Crippen molar-refractivity contribution < 1.29 is 22.7 Å². The van der Waals surface area contributed by atoms with E-state index in [1.165, 1.54) is 23.5 Å². The number of aromatic nitrogens is 1. The number of amides is 1. The molecule has 0 saturated carbocycles. The number of hydrogen-bond donors (Lipinski definition) is 0. The Morgan fingerprint density at radius 3 is 2.72 bits per heavy atom. The Kier molecular flexibility index (Phi) is 5.10. The van der Waals surface area contributed by atoms with Crippen molar-refractivity contribution in [3.63, 3.8) is 0 Å². The van der Waals surface area contributed by atoms with E-state index in [1.54, 1.807) is 10.3 Å². The van der Waals surface area contributed by atoms with Crippen LogP contribution in [0, 0.1) is 0 Å². The molecule has 1 amide bonds. The number of halogens is 3. The minimum absolute atomic E-state index is 0.0283. The first-order valence-corrected chi connectivity index (χ1v) is 8.76. The van der Waals surface area contributed by atoms with Crippen molar-refractivity contribution in [3.05, 3.63) is 40.9 Å². The van der Waals surface area contributed by atoms with E-state index < -0.39 is 11.7 Å². The van der Waals surface area contributed by atoms with Crippen LogP contribution in [0.1, 0.15) is 29.4 Å². The zero-order valence-electron chi connectivity index (χ0n) is 13.5. The smallest absolute Gasteiger partial charge is 0.377 e. The Labute approximate surface area is 147 Å². The van der Waals surface area contributed by atoms with E-state index in [2.05, 4.69) is 4.98 Å². The third kappa shape index (κ3) is 4.19. The highest BCUT2D eigenvalue weighted by atomic mass is 32.1. The molecule has 134 valence electrons. The van der Waals surface area contributed by atoms with Gasteiger partial charge < -0.3 is 9.64 Å². The lowest BCUT2D eigenvalue weighted by molar-refractivity contribution is -0.137. The van der Waals surface area contributed by atoms with Crippen molar-refractivity contribution in [2.24, 2.45) is 0 Å². The van der Waals surface area contributed by atoms with Crippen molar-refractivity contribution in [1.82, 2.24) is 9.88 Å². The lowest BCUT2D eigenvalue weighted by Gasteiger charge is -2.21. The average Bonchev–Trinajstić information content (AvgIpc) is 2.96. The Balaban J connectivity index is 1.76. The molecule has 1 aliphatic heterocycles. The van der Waals surface area contributed by atoms with E-state index >= 15 is 0 Å². The largest absolute Gasteiger partial charge is 0.416 e. The van der Waals surface area contributed by atoms with Crippen LogP contribution in [0.15, 0.2) is 29.6 Å². The maximum Gasteiger partial charge on any atom is 0.416 e. The number of carbonyl (C=O) groups is 1. The Morgan fingerprint density at radius 2 is 2.04 bits per heavy atom. The first-order valence-electron chi connectivity index (χ1n) is 7.88. The lowest BCUT2D eigenvalue weighted by Crippen LogP contribution is -2.36. The number of alkyl halides is 3. The van der Waals surface area contributed by atoms with E-state index in [0.717, 1.165) is 18.6 Å². The summed E-state index contributed by atoms with van der Waals surface area (Å²) in [6, 6.07) is 4.79. The highest BCUT2D eigenvalue weighted by Crippen LogP contribution is 2.32. The lowest BCUT2D eigenvalue weighted by atomic mass is 10.1. The second-order valence-corrected chi connectivity index (χ2v) is 6.76. The van der Waals surface area contributed by atoms with Gasteiger partial charge in [0.05, 0.1) is 11.7 Å². The van der Waals surface area contributed by atoms with Crippen LogP contribution in [0.4, 0.5) is 13.2 Å². The summed E-state index contributed by atoms with van der Waals surface area (Å²) in [5.41, 5.74) is 0.168. The summed E-state index contributed by atoms with van der Waals surface area (Å²) in [4.78, 5) is 18.6. The van der Waals surface area contributed by atoms with Crippen molar-refractivity contribution in [2.45, 2.75) is 25.6 Å². The molecule has 0 bridgehead atoms. The zero-order chi connectivity index (χ0) is 18.0. The van der Waals surface area contributed by atoms with Crippen molar-refractivity contribution in [2.75, 3.05) is 19.7 Å². The molecule has 0 N–H and O–H groups in total. The predicted octanol–water partition coefficient (Wildman–Crippen LogP) is 4.08. The molecule has 1 aliphatic rings. The van der Waals surface area contributed by atoms with Crippen LogP contribution in [-0.4, -0.2) is 41.6 Å². The maximum absolute atomic E-state index is 12.6.